The molecule has 0 aromatic carbocycles. The molecule has 8 nitrogen and oxygen atoms in total. The number of aromatic nitrogens is 4. The predicted molar refractivity (Wildman–Crippen MR) is 71.2 cm³/mol. The van der Waals surface area contributed by atoms with Gasteiger partial charge in [-0.1, -0.05) is 25.6 Å². The van der Waals surface area contributed by atoms with Gasteiger partial charge in [-0.25, -0.2) is 9.48 Å². The summed E-state index contributed by atoms with van der Waals surface area (Å²) in [6.45, 7) is 3.50. The summed E-state index contributed by atoms with van der Waals surface area (Å²) >= 11 is 1.22. The van der Waals surface area contributed by atoms with Gasteiger partial charge in [0.2, 0.25) is 11.1 Å². The molecule has 1 aliphatic carbocycles. The minimum absolute atomic E-state index is 0.101. The second-order valence-electron chi connectivity index (χ2n) is 5.05. The molecule has 2 rings (SSSR count). The fourth-order valence-corrected chi connectivity index (χ4v) is 2.44. The lowest BCUT2D eigenvalue weighted by Crippen LogP contribution is -2.45. The molecule has 1 heterocycles. The van der Waals surface area contributed by atoms with Crippen LogP contribution >= 0.6 is 11.8 Å². The highest BCUT2D eigenvalue weighted by Crippen LogP contribution is 2.36. The molecule has 20 heavy (non-hydrogen) atoms. The van der Waals surface area contributed by atoms with Crippen molar-refractivity contribution in [3.63, 3.8) is 0 Å². The van der Waals surface area contributed by atoms with Crippen molar-refractivity contribution in [2.75, 3.05) is 5.75 Å². The van der Waals surface area contributed by atoms with Crippen LogP contribution in [0, 0.1) is 5.92 Å². The quantitative estimate of drug-likeness (QED) is 0.698. The van der Waals surface area contributed by atoms with Crippen LogP contribution in [0.1, 0.15) is 32.7 Å². The highest BCUT2D eigenvalue weighted by atomic mass is 32.2. The van der Waals surface area contributed by atoms with E-state index in [1.54, 1.807) is 18.5 Å². The van der Waals surface area contributed by atoms with Crippen LogP contribution in [0.15, 0.2) is 5.16 Å². The molecule has 1 atom stereocenters. The van der Waals surface area contributed by atoms with Crippen LogP contribution in [0.25, 0.3) is 0 Å². The number of rotatable bonds is 7. The van der Waals surface area contributed by atoms with Crippen LogP contribution in [-0.4, -0.2) is 49.0 Å². The van der Waals surface area contributed by atoms with Gasteiger partial charge in [0.15, 0.2) is 0 Å². The van der Waals surface area contributed by atoms with Gasteiger partial charge in [-0.3, -0.25) is 4.79 Å². The molecule has 1 aromatic heterocycles. The highest BCUT2D eigenvalue weighted by Gasteiger charge is 2.28. The average molecular weight is 299 g/mol. The Labute approximate surface area is 120 Å². The molecule has 0 aliphatic heterocycles. The van der Waals surface area contributed by atoms with E-state index < -0.39 is 12.0 Å². The zero-order chi connectivity index (χ0) is 14.7. The van der Waals surface area contributed by atoms with E-state index in [1.807, 2.05) is 0 Å². The molecule has 1 saturated carbocycles. The monoisotopic (exact) mass is 299 g/mol. The first kappa shape index (κ1) is 14.8. The molecular weight excluding hydrogens is 282 g/mol. The average Bonchev–Trinajstić information content (AvgIpc) is 3.12. The van der Waals surface area contributed by atoms with E-state index >= 15 is 0 Å². The van der Waals surface area contributed by atoms with Crippen molar-refractivity contribution in [1.29, 1.82) is 0 Å². The van der Waals surface area contributed by atoms with E-state index in [1.165, 1.54) is 11.8 Å². The Balaban J connectivity index is 1.85. The zero-order valence-electron chi connectivity index (χ0n) is 11.3. The summed E-state index contributed by atoms with van der Waals surface area (Å²) in [4.78, 5) is 22.8. The minimum atomic E-state index is -1.03. The normalized spacial score (nSPS) is 16.1. The van der Waals surface area contributed by atoms with Crippen LogP contribution in [-0.2, 0) is 9.59 Å². The van der Waals surface area contributed by atoms with Crippen molar-refractivity contribution in [2.24, 2.45) is 5.92 Å². The first-order valence-corrected chi connectivity index (χ1v) is 7.40. The Morgan fingerprint density at radius 1 is 1.50 bits per heavy atom. The van der Waals surface area contributed by atoms with Crippen LogP contribution in [0.5, 0.6) is 0 Å². The van der Waals surface area contributed by atoms with E-state index in [4.69, 9.17) is 5.11 Å². The summed E-state index contributed by atoms with van der Waals surface area (Å²) in [5.74, 6) is -1.43. The maximum Gasteiger partial charge on any atom is 0.326 e. The van der Waals surface area contributed by atoms with Gasteiger partial charge in [-0.2, -0.15) is 0 Å². The topological polar surface area (TPSA) is 110 Å². The summed E-state index contributed by atoms with van der Waals surface area (Å²) in [5, 5.41) is 23.5. The van der Waals surface area contributed by atoms with Crippen molar-refractivity contribution in [1.82, 2.24) is 25.5 Å². The van der Waals surface area contributed by atoms with Crippen molar-refractivity contribution in [3.8, 4) is 0 Å². The molecule has 2 N–H and O–H groups in total. The number of amides is 1. The SMILES string of the molecule is CC(C)[C@H](NC(=O)CSc1nnnn1C1CC1)C(=O)O. The fourth-order valence-electron chi connectivity index (χ4n) is 1.69. The number of carboxylic acids is 1. The Hall–Kier alpha value is -1.64. The second-order valence-corrected chi connectivity index (χ2v) is 6.00. The smallest absolute Gasteiger partial charge is 0.326 e. The Morgan fingerprint density at radius 3 is 2.75 bits per heavy atom. The molecule has 0 saturated heterocycles. The number of nitrogens with zero attached hydrogens (tertiary/aromatic N) is 4. The Kier molecular flexibility index (Phi) is 4.58. The van der Waals surface area contributed by atoms with Gasteiger partial charge in [-0.05, 0) is 29.2 Å². The summed E-state index contributed by atoms with van der Waals surface area (Å²) in [5.41, 5.74) is 0. The lowest BCUT2D eigenvalue weighted by Gasteiger charge is -2.17. The fraction of sp³-hybridized carbons (Fsp3) is 0.727. The van der Waals surface area contributed by atoms with Crippen molar-refractivity contribution in [2.45, 2.75) is 43.9 Å². The predicted octanol–water partition coefficient (Wildman–Crippen LogP) is 0.325. The Morgan fingerprint density at radius 2 is 2.20 bits per heavy atom. The van der Waals surface area contributed by atoms with Gasteiger partial charge in [0.1, 0.15) is 6.04 Å². The molecule has 110 valence electrons. The van der Waals surface area contributed by atoms with E-state index in [0.717, 1.165) is 12.8 Å². The lowest BCUT2D eigenvalue weighted by atomic mass is 10.1. The number of carbonyl (C=O) groups excluding carboxylic acids is 1. The first-order chi connectivity index (χ1) is 9.49. The Bertz CT molecular complexity index is 500. The minimum Gasteiger partial charge on any atom is -0.480 e. The maximum atomic E-state index is 11.8. The van der Waals surface area contributed by atoms with Crippen LogP contribution in [0.2, 0.25) is 0 Å². The third-order valence-corrected chi connectivity index (χ3v) is 3.87. The largest absolute Gasteiger partial charge is 0.480 e. The van der Waals surface area contributed by atoms with E-state index in [-0.39, 0.29) is 17.6 Å². The standard InChI is InChI=1S/C11H17N5O3S/c1-6(2)9(10(18)19)12-8(17)5-20-11-13-14-15-16(11)7-3-4-7/h6-7,9H,3-5H2,1-2H3,(H,12,17)(H,18,19)/t9-/m0/s1. The van der Waals surface area contributed by atoms with Gasteiger partial charge in [0.05, 0.1) is 11.8 Å². The molecule has 1 amide bonds. The van der Waals surface area contributed by atoms with E-state index in [2.05, 4.69) is 20.8 Å². The maximum absolute atomic E-state index is 11.8. The number of carbonyl (C=O) groups is 2. The number of hydrogen-bond acceptors (Lipinski definition) is 6. The van der Waals surface area contributed by atoms with Crippen molar-refractivity contribution in [3.05, 3.63) is 0 Å². The zero-order valence-corrected chi connectivity index (χ0v) is 12.1. The molecule has 1 aliphatic rings. The first-order valence-electron chi connectivity index (χ1n) is 6.42. The van der Waals surface area contributed by atoms with Gasteiger partial charge in [0, 0.05) is 0 Å². The molecule has 0 spiro atoms. The van der Waals surface area contributed by atoms with Crippen LogP contribution in [0.3, 0.4) is 0 Å². The van der Waals surface area contributed by atoms with Gasteiger partial charge in [-0.15, -0.1) is 5.10 Å². The summed E-state index contributed by atoms with van der Waals surface area (Å²) in [7, 11) is 0. The molecule has 0 radical (unpaired) electrons. The van der Waals surface area contributed by atoms with Gasteiger partial charge < -0.3 is 10.4 Å². The highest BCUT2D eigenvalue weighted by molar-refractivity contribution is 7.99. The molecule has 9 heteroatoms. The number of tetrazole rings is 1. The van der Waals surface area contributed by atoms with E-state index in [9.17, 15) is 9.59 Å². The number of nitrogens with one attached hydrogen (secondary N) is 1. The third kappa shape index (κ3) is 3.69. The second kappa shape index (κ2) is 6.21. The van der Waals surface area contributed by atoms with Gasteiger partial charge >= 0.3 is 5.97 Å². The van der Waals surface area contributed by atoms with Crippen LogP contribution in [0.4, 0.5) is 0 Å². The summed E-state index contributed by atoms with van der Waals surface area (Å²) in [6, 6.07) is -0.527. The number of thioether (sulfide) groups is 1. The molecule has 1 fully saturated rings. The summed E-state index contributed by atoms with van der Waals surface area (Å²) in [6.07, 6.45) is 2.11. The van der Waals surface area contributed by atoms with Crippen LogP contribution < -0.4 is 5.32 Å². The third-order valence-electron chi connectivity index (χ3n) is 2.94. The van der Waals surface area contributed by atoms with Gasteiger partial charge in [0.25, 0.3) is 0 Å². The molecular formula is C11H17N5O3S. The van der Waals surface area contributed by atoms with Crippen molar-refractivity contribution >= 4 is 23.6 Å². The molecule has 0 bridgehead atoms. The number of aliphatic carboxylic acids is 1. The lowest BCUT2D eigenvalue weighted by molar-refractivity contribution is -0.142. The molecule has 1 aromatic rings. The molecule has 0 unspecified atom stereocenters. The number of hydrogen-bond donors (Lipinski definition) is 2. The van der Waals surface area contributed by atoms with Crippen molar-refractivity contribution < 1.29 is 14.7 Å². The number of carboxylic acid groups (broad SMARTS) is 1. The van der Waals surface area contributed by atoms with E-state index in [0.29, 0.717) is 11.2 Å². The summed E-state index contributed by atoms with van der Waals surface area (Å²) < 4.78 is 1.72.